The van der Waals surface area contributed by atoms with E-state index in [2.05, 4.69) is 19.5 Å². The molecule has 3 aromatic rings. The van der Waals surface area contributed by atoms with Crippen LogP contribution < -0.4 is 9.46 Å². The molecule has 11 heteroatoms. The third-order valence-corrected chi connectivity index (χ3v) is 5.19. The molecule has 0 spiro atoms. The lowest BCUT2D eigenvalue weighted by Crippen LogP contribution is -2.31. The molecule has 0 fully saturated rings. The van der Waals surface area contributed by atoms with Crippen LogP contribution in [0.1, 0.15) is 11.6 Å². The zero-order valence-corrected chi connectivity index (χ0v) is 15.1. The van der Waals surface area contributed by atoms with Gasteiger partial charge in [0.25, 0.3) is 0 Å². The average molecular weight is 412 g/mol. The lowest BCUT2D eigenvalue weighted by atomic mass is 10.1. The Kier molecular flexibility index (Phi) is 5.66. The van der Waals surface area contributed by atoms with Crippen LogP contribution in [0.2, 0.25) is 0 Å². The van der Waals surface area contributed by atoms with Crippen LogP contribution in [-0.2, 0) is 16.6 Å². The molecule has 0 bridgehead atoms. The standard InChI is InChI=1S/C17H15F3N4O3S/c18-17(19,20)27-14-6-8-15(9-7-14)28(25,26)23-16(10-24-12-21-11-22-24)13-4-2-1-3-5-13/h1-9,11-12,16,23H,10H2. The Morgan fingerprint density at radius 3 is 2.32 bits per heavy atom. The molecule has 7 nitrogen and oxygen atoms in total. The van der Waals surface area contributed by atoms with E-state index >= 15 is 0 Å². The Morgan fingerprint density at radius 2 is 1.75 bits per heavy atom. The number of halogens is 3. The van der Waals surface area contributed by atoms with E-state index in [9.17, 15) is 21.6 Å². The molecule has 0 aliphatic carbocycles. The van der Waals surface area contributed by atoms with Crippen molar-refractivity contribution in [3.05, 3.63) is 72.8 Å². The number of sulfonamides is 1. The Hall–Kier alpha value is -2.92. The van der Waals surface area contributed by atoms with Crippen molar-refractivity contribution in [3.8, 4) is 5.75 Å². The van der Waals surface area contributed by atoms with Crippen LogP contribution in [0, 0.1) is 0 Å². The molecule has 1 N–H and O–H groups in total. The summed E-state index contributed by atoms with van der Waals surface area (Å²) >= 11 is 0. The van der Waals surface area contributed by atoms with Crippen LogP contribution >= 0.6 is 0 Å². The summed E-state index contributed by atoms with van der Waals surface area (Å²) < 4.78 is 70.0. The van der Waals surface area contributed by atoms with Crippen molar-refractivity contribution in [1.29, 1.82) is 0 Å². The van der Waals surface area contributed by atoms with Crippen molar-refractivity contribution in [2.75, 3.05) is 0 Å². The molecule has 2 aromatic carbocycles. The molecule has 0 amide bonds. The van der Waals surface area contributed by atoms with Crippen molar-refractivity contribution >= 4 is 10.0 Å². The van der Waals surface area contributed by atoms with Crippen LogP contribution in [0.25, 0.3) is 0 Å². The Bertz CT molecular complexity index is 992. The predicted molar refractivity (Wildman–Crippen MR) is 92.7 cm³/mol. The number of aromatic nitrogens is 3. The van der Waals surface area contributed by atoms with E-state index in [4.69, 9.17) is 0 Å². The van der Waals surface area contributed by atoms with Gasteiger partial charge in [0.1, 0.15) is 18.4 Å². The predicted octanol–water partition coefficient (Wildman–Crippen LogP) is 2.90. The van der Waals surface area contributed by atoms with Gasteiger partial charge in [-0.25, -0.2) is 18.1 Å². The minimum absolute atomic E-state index is 0.179. The highest BCUT2D eigenvalue weighted by molar-refractivity contribution is 7.89. The molecule has 0 saturated carbocycles. The summed E-state index contributed by atoms with van der Waals surface area (Å²) in [6.45, 7) is 0.179. The van der Waals surface area contributed by atoms with Gasteiger partial charge in [0, 0.05) is 0 Å². The van der Waals surface area contributed by atoms with Crippen LogP contribution in [0.4, 0.5) is 13.2 Å². The third kappa shape index (κ3) is 5.30. The molecule has 3 rings (SSSR count). The highest BCUT2D eigenvalue weighted by Gasteiger charge is 2.31. The minimum atomic E-state index is -4.85. The summed E-state index contributed by atoms with van der Waals surface area (Å²) in [7, 11) is -4.02. The lowest BCUT2D eigenvalue weighted by molar-refractivity contribution is -0.274. The zero-order valence-electron chi connectivity index (χ0n) is 14.2. The minimum Gasteiger partial charge on any atom is -0.406 e. The van der Waals surface area contributed by atoms with Gasteiger partial charge in [0.05, 0.1) is 17.5 Å². The summed E-state index contributed by atoms with van der Waals surface area (Å²) in [6.07, 6.45) is -2.07. The Balaban J connectivity index is 1.82. The van der Waals surface area contributed by atoms with Crippen LogP contribution in [0.5, 0.6) is 5.75 Å². The monoisotopic (exact) mass is 412 g/mol. The van der Waals surface area contributed by atoms with E-state index in [1.54, 1.807) is 30.3 Å². The second kappa shape index (κ2) is 7.98. The van der Waals surface area contributed by atoms with Crippen molar-refractivity contribution in [2.45, 2.75) is 23.8 Å². The van der Waals surface area contributed by atoms with Gasteiger partial charge < -0.3 is 4.74 Å². The van der Waals surface area contributed by atoms with Gasteiger partial charge in [-0.2, -0.15) is 5.10 Å². The molecule has 1 atom stereocenters. The molecule has 0 radical (unpaired) electrons. The first-order valence-electron chi connectivity index (χ1n) is 7.98. The molecular weight excluding hydrogens is 397 g/mol. The van der Waals surface area contributed by atoms with Gasteiger partial charge >= 0.3 is 6.36 Å². The number of hydrogen-bond acceptors (Lipinski definition) is 5. The highest BCUT2D eigenvalue weighted by Crippen LogP contribution is 2.25. The molecule has 0 saturated heterocycles. The van der Waals surface area contributed by atoms with Gasteiger partial charge in [-0.05, 0) is 29.8 Å². The Morgan fingerprint density at radius 1 is 1.07 bits per heavy atom. The summed E-state index contributed by atoms with van der Waals surface area (Å²) in [5.41, 5.74) is 0.693. The van der Waals surface area contributed by atoms with Crippen LogP contribution in [0.15, 0.2) is 72.1 Å². The zero-order chi connectivity index (χ0) is 20.2. The SMILES string of the molecule is O=S(=O)(NC(Cn1cncn1)c1ccccc1)c1ccc(OC(F)(F)F)cc1. The molecule has 148 valence electrons. The van der Waals surface area contributed by atoms with Crippen molar-refractivity contribution in [3.63, 3.8) is 0 Å². The third-order valence-electron chi connectivity index (χ3n) is 3.70. The van der Waals surface area contributed by atoms with E-state index in [0.717, 1.165) is 24.3 Å². The fraction of sp³-hybridized carbons (Fsp3) is 0.176. The van der Waals surface area contributed by atoms with Gasteiger partial charge in [-0.1, -0.05) is 30.3 Å². The fourth-order valence-corrected chi connectivity index (χ4v) is 3.70. The van der Waals surface area contributed by atoms with E-state index in [-0.39, 0.29) is 11.4 Å². The molecule has 0 aliphatic heterocycles. The van der Waals surface area contributed by atoms with Crippen molar-refractivity contribution < 1.29 is 26.3 Å². The molecule has 1 heterocycles. The Labute approximate surface area is 158 Å². The molecule has 1 unspecified atom stereocenters. The van der Waals surface area contributed by atoms with Gasteiger partial charge in [0.2, 0.25) is 10.0 Å². The van der Waals surface area contributed by atoms with Gasteiger partial charge in [-0.3, -0.25) is 4.68 Å². The van der Waals surface area contributed by atoms with Gasteiger partial charge in [-0.15, -0.1) is 13.2 Å². The topological polar surface area (TPSA) is 86.1 Å². The number of hydrogen-bond donors (Lipinski definition) is 1. The molecule has 28 heavy (non-hydrogen) atoms. The maximum atomic E-state index is 12.7. The van der Waals surface area contributed by atoms with Crippen molar-refractivity contribution in [2.24, 2.45) is 0 Å². The first-order valence-corrected chi connectivity index (χ1v) is 9.47. The quantitative estimate of drug-likeness (QED) is 0.645. The number of alkyl halides is 3. The van der Waals surface area contributed by atoms with E-state index in [1.807, 2.05) is 0 Å². The highest BCUT2D eigenvalue weighted by atomic mass is 32.2. The van der Waals surface area contributed by atoms with Crippen LogP contribution in [-0.4, -0.2) is 29.5 Å². The number of nitrogens with one attached hydrogen (secondary N) is 1. The average Bonchev–Trinajstić information content (AvgIpc) is 3.14. The molecular formula is C17H15F3N4O3S. The summed E-state index contributed by atoms with van der Waals surface area (Å²) in [6, 6.07) is 12.1. The van der Waals surface area contributed by atoms with E-state index in [1.165, 1.54) is 17.3 Å². The number of rotatable bonds is 7. The largest absolute Gasteiger partial charge is 0.573 e. The first kappa shape index (κ1) is 19.8. The summed E-state index contributed by atoms with van der Waals surface area (Å²) in [5, 5.41) is 3.98. The fourth-order valence-electron chi connectivity index (χ4n) is 2.49. The van der Waals surface area contributed by atoms with Gasteiger partial charge in [0.15, 0.2) is 0 Å². The normalized spacial score (nSPS) is 13.2. The molecule has 0 aliphatic rings. The van der Waals surface area contributed by atoms with E-state index < -0.39 is 28.2 Å². The number of benzene rings is 2. The summed E-state index contributed by atoms with van der Waals surface area (Å²) in [5.74, 6) is -0.506. The maximum Gasteiger partial charge on any atom is 0.573 e. The second-order valence-electron chi connectivity index (χ2n) is 5.72. The number of ether oxygens (including phenoxy) is 1. The first-order chi connectivity index (χ1) is 13.2. The van der Waals surface area contributed by atoms with E-state index in [0.29, 0.717) is 5.56 Å². The number of nitrogens with zero attached hydrogens (tertiary/aromatic N) is 3. The molecule has 1 aromatic heterocycles. The van der Waals surface area contributed by atoms with Crippen LogP contribution in [0.3, 0.4) is 0 Å². The second-order valence-corrected chi connectivity index (χ2v) is 7.44. The maximum absolute atomic E-state index is 12.7. The van der Waals surface area contributed by atoms with Crippen molar-refractivity contribution in [1.82, 2.24) is 19.5 Å². The summed E-state index contributed by atoms with van der Waals surface area (Å²) in [4.78, 5) is 3.64. The smallest absolute Gasteiger partial charge is 0.406 e. The lowest BCUT2D eigenvalue weighted by Gasteiger charge is -2.19.